The summed E-state index contributed by atoms with van der Waals surface area (Å²) in [5.41, 5.74) is 0.511. The molecule has 0 spiro atoms. The summed E-state index contributed by atoms with van der Waals surface area (Å²) in [7, 11) is 3.49. The number of halogens is 1. The molecule has 0 bridgehead atoms. The Balaban J connectivity index is 1.93. The van der Waals surface area contributed by atoms with Gasteiger partial charge in [0.15, 0.2) is 0 Å². The number of hydrogen-bond acceptors (Lipinski definition) is 3. The molecule has 4 nitrogen and oxygen atoms in total. The van der Waals surface area contributed by atoms with Gasteiger partial charge in [0.25, 0.3) is 0 Å². The van der Waals surface area contributed by atoms with Crippen molar-refractivity contribution in [3.63, 3.8) is 0 Å². The zero-order valence-electron chi connectivity index (χ0n) is 14.7. The number of amides is 1. The fourth-order valence-corrected chi connectivity index (χ4v) is 3.13. The summed E-state index contributed by atoms with van der Waals surface area (Å²) in [6.45, 7) is 8.26. The average molecular weight is 322 g/mol. The number of benzene rings is 1. The minimum absolute atomic E-state index is 0.132. The molecule has 1 amide bonds. The van der Waals surface area contributed by atoms with Gasteiger partial charge in [-0.2, -0.15) is 0 Å². The van der Waals surface area contributed by atoms with Crippen LogP contribution in [-0.4, -0.2) is 48.5 Å². The van der Waals surface area contributed by atoms with Crippen molar-refractivity contribution in [2.24, 2.45) is 5.92 Å². The van der Waals surface area contributed by atoms with Crippen molar-refractivity contribution in [3.8, 4) is 5.75 Å². The molecule has 1 aromatic carbocycles. The summed E-state index contributed by atoms with van der Waals surface area (Å²) in [5, 5.41) is 0. The van der Waals surface area contributed by atoms with Gasteiger partial charge in [0.05, 0.1) is 7.11 Å². The van der Waals surface area contributed by atoms with Crippen LogP contribution < -0.4 is 4.74 Å². The van der Waals surface area contributed by atoms with E-state index in [4.69, 9.17) is 4.74 Å². The van der Waals surface area contributed by atoms with Gasteiger partial charge >= 0.3 is 0 Å². The predicted molar refractivity (Wildman–Crippen MR) is 88.9 cm³/mol. The Morgan fingerprint density at radius 3 is 2.61 bits per heavy atom. The van der Waals surface area contributed by atoms with Crippen LogP contribution in [0.1, 0.15) is 32.8 Å². The van der Waals surface area contributed by atoms with Crippen molar-refractivity contribution >= 4 is 5.91 Å². The van der Waals surface area contributed by atoms with Gasteiger partial charge < -0.3 is 14.5 Å². The molecule has 1 atom stereocenters. The van der Waals surface area contributed by atoms with Crippen LogP contribution in [0.3, 0.4) is 0 Å². The summed E-state index contributed by atoms with van der Waals surface area (Å²) in [6.07, 6.45) is 0.576. The number of carbonyl (C=O) groups is 1. The average Bonchev–Trinajstić information content (AvgIpc) is 2.81. The van der Waals surface area contributed by atoms with Crippen LogP contribution in [0.2, 0.25) is 0 Å². The van der Waals surface area contributed by atoms with E-state index in [2.05, 4.69) is 25.7 Å². The van der Waals surface area contributed by atoms with E-state index in [1.807, 2.05) is 11.9 Å². The molecule has 0 N–H and O–H groups in total. The second-order valence-electron chi connectivity index (χ2n) is 7.40. The monoisotopic (exact) mass is 322 g/mol. The molecule has 128 valence electrons. The van der Waals surface area contributed by atoms with Crippen molar-refractivity contribution in [1.29, 1.82) is 0 Å². The van der Waals surface area contributed by atoms with Crippen LogP contribution in [0.4, 0.5) is 4.39 Å². The van der Waals surface area contributed by atoms with Gasteiger partial charge in [-0.25, -0.2) is 4.39 Å². The standard InChI is InChI=1S/C18H27FN2O2/c1-18(2,3)21-11-13(8-17(21)22)10-20(4)12-14-6-7-15(23-5)9-16(14)19/h6-7,9,13H,8,10-12H2,1-5H3/t13-/m1/s1. The third kappa shape index (κ3) is 4.44. The lowest BCUT2D eigenvalue weighted by atomic mass is 10.1. The zero-order chi connectivity index (χ0) is 17.2. The van der Waals surface area contributed by atoms with Gasteiger partial charge in [-0.3, -0.25) is 4.79 Å². The summed E-state index contributed by atoms with van der Waals surface area (Å²) in [4.78, 5) is 16.2. The van der Waals surface area contributed by atoms with Gasteiger partial charge in [-0.05, 0) is 39.8 Å². The SMILES string of the molecule is COc1ccc(CN(C)C[C@H]2CC(=O)N(C(C)(C)C)C2)c(F)c1. The molecule has 1 aromatic rings. The highest BCUT2D eigenvalue weighted by atomic mass is 19.1. The Hall–Kier alpha value is -1.62. The molecule has 1 aliphatic rings. The van der Waals surface area contributed by atoms with Gasteiger partial charge in [-0.1, -0.05) is 6.07 Å². The van der Waals surface area contributed by atoms with E-state index in [0.29, 0.717) is 30.2 Å². The molecule has 0 radical (unpaired) electrons. The molecular weight excluding hydrogens is 295 g/mol. The van der Waals surface area contributed by atoms with Crippen LogP contribution in [0.25, 0.3) is 0 Å². The fourth-order valence-electron chi connectivity index (χ4n) is 3.13. The molecule has 2 rings (SSSR count). The van der Waals surface area contributed by atoms with E-state index in [1.165, 1.54) is 13.2 Å². The van der Waals surface area contributed by atoms with E-state index in [1.54, 1.807) is 12.1 Å². The molecule has 0 aromatic heterocycles. The number of carbonyl (C=O) groups excluding carboxylic acids is 1. The third-order valence-electron chi connectivity index (χ3n) is 4.29. The van der Waals surface area contributed by atoms with Gasteiger partial charge in [0, 0.05) is 43.2 Å². The van der Waals surface area contributed by atoms with Crippen molar-refractivity contribution in [2.75, 3.05) is 27.2 Å². The van der Waals surface area contributed by atoms with Gasteiger partial charge in [-0.15, -0.1) is 0 Å². The molecule has 5 heteroatoms. The number of ether oxygens (including phenoxy) is 1. The first-order valence-electron chi connectivity index (χ1n) is 8.02. The molecule has 0 saturated carbocycles. The largest absolute Gasteiger partial charge is 0.497 e. The first-order chi connectivity index (χ1) is 10.7. The molecule has 1 heterocycles. The number of hydrogen-bond donors (Lipinski definition) is 0. The number of nitrogens with zero attached hydrogens (tertiary/aromatic N) is 2. The summed E-state index contributed by atoms with van der Waals surface area (Å²) in [6, 6.07) is 4.93. The van der Waals surface area contributed by atoms with E-state index in [-0.39, 0.29) is 17.3 Å². The molecule has 23 heavy (non-hydrogen) atoms. The highest BCUT2D eigenvalue weighted by Gasteiger charge is 2.36. The quantitative estimate of drug-likeness (QED) is 0.835. The van der Waals surface area contributed by atoms with Crippen LogP contribution in [0.5, 0.6) is 5.75 Å². The maximum Gasteiger partial charge on any atom is 0.223 e. The molecular formula is C18H27FN2O2. The minimum atomic E-state index is -0.255. The lowest BCUT2D eigenvalue weighted by molar-refractivity contribution is -0.131. The highest BCUT2D eigenvalue weighted by Crippen LogP contribution is 2.26. The number of methoxy groups -OCH3 is 1. The summed E-state index contributed by atoms with van der Waals surface area (Å²) in [5.74, 6) is 0.783. The van der Waals surface area contributed by atoms with Crippen molar-refractivity contribution in [1.82, 2.24) is 9.80 Å². The molecule has 1 fully saturated rings. The smallest absolute Gasteiger partial charge is 0.223 e. The van der Waals surface area contributed by atoms with E-state index in [0.717, 1.165) is 13.1 Å². The number of rotatable bonds is 5. The van der Waals surface area contributed by atoms with Crippen molar-refractivity contribution in [3.05, 3.63) is 29.6 Å². The zero-order valence-corrected chi connectivity index (χ0v) is 14.7. The highest BCUT2D eigenvalue weighted by molar-refractivity contribution is 5.79. The number of likely N-dealkylation sites (tertiary alicyclic amines) is 1. The second-order valence-corrected chi connectivity index (χ2v) is 7.40. The Morgan fingerprint density at radius 2 is 2.09 bits per heavy atom. The fraction of sp³-hybridized carbons (Fsp3) is 0.611. The first kappa shape index (κ1) is 17.7. The van der Waals surface area contributed by atoms with E-state index >= 15 is 0 Å². The van der Waals surface area contributed by atoms with Crippen LogP contribution >= 0.6 is 0 Å². The van der Waals surface area contributed by atoms with Crippen molar-refractivity contribution in [2.45, 2.75) is 39.3 Å². The van der Waals surface area contributed by atoms with Gasteiger partial charge in [0.2, 0.25) is 5.91 Å². The Morgan fingerprint density at radius 1 is 1.39 bits per heavy atom. The second kappa shape index (κ2) is 6.87. The predicted octanol–water partition coefficient (Wildman–Crippen LogP) is 2.91. The summed E-state index contributed by atoms with van der Waals surface area (Å²) < 4.78 is 19.0. The Labute approximate surface area is 138 Å². The Bertz CT molecular complexity index is 569. The van der Waals surface area contributed by atoms with Crippen LogP contribution in [-0.2, 0) is 11.3 Å². The third-order valence-corrected chi connectivity index (χ3v) is 4.29. The maximum absolute atomic E-state index is 14.0. The lowest BCUT2D eigenvalue weighted by Gasteiger charge is -2.32. The van der Waals surface area contributed by atoms with Crippen molar-refractivity contribution < 1.29 is 13.9 Å². The van der Waals surface area contributed by atoms with Crippen LogP contribution in [0.15, 0.2) is 18.2 Å². The molecule has 1 aliphatic heterocycles. The van der Waals surface area contributed by atoms with E-state index in [9.17, 15) is 9.18 Å². The maximum atomic E-state index is 14.0. The molecule has 1 saturated heterocycles. The lowest BCUT2D eigenvalue weighted by Crippen LogP contribution is -2.42. The summed E-state index contributed by atoms with van der Waals surface area (Å²) >= 11 is 0. The topological polar surface area (TPSA) is 32.8 Å². The normalized spacial score (nSPS) is 18.8. The minimum Gasteiger partial charge on any atom is -0.497 e. The van der Waals surface area contributed by atoms with E-state index < -0.39 is 0 Å². The Kier molecular flexibility index (Phi) is 5.30. The first-order valence-corrected chi connectivity index (χ1v) is 8.02. The molecule has 0 aliphatic carbocycles. The van der Waals surface area contributed by atoms with Crippen LogP contribution in [0, 0.1) is 11.7 Å². The van der Waals surface area contributed by atoms with Gasteiger partial charge in [0.1, 0.15) is 11.6 Å². The molecule has 0 unspecified atom stereocenters.